The van der Waals surface area contributed by atoms with Gasteiger partial charge in [-0.1, -0.05) is 61.7 Å². The summed E-state index contributed by atoms with van der Waals surface area (Å²) < 4.78 is 22.9. The lowest BCUT2D eigenvalue weighted by Gasteiger charge is -2.34. The van der Waals surface area contributed by atoms with E-state index in [2.05, 4.69) is 78.8 Å². The number of carbonyl (C=O) groups is 2. The van der Waals surface area contributed by atoms with Gasteiger partial charge in [-0.15, -0.1) is 11.3 Å². The van der Waals surface area contributed by atoms with Gasteiger partial charge < -0.3 is 18.9 Å². The Labute approximate surface area is 259 Å². The third-order valence-electron chi connectivity index (χ3n) is 7.60. The van der Waals surface area contributed by atoms with Crippen LogP contribution in [-0.2, 0) is 24.5 Å². The van der Waals surface area contributed by atoms with Gasteiger partial charge in [-0.25, -0.2) is 14.6 Å². The normalized spacial score (nSPS) is 12.5. The van der Waals surface area contributed by atoms with Crippen molar-refractivity contribution in [3.05, 3.63) is 138 Å². The highest BCUT2D eigenvalue weighted by Gasteiger charge is 2.46. The van der Waals surface area contributed by atoms with Gasteiger partial charge in [0.05, 0.1) is 21.1 Å². The van der Waals surface area contributed by atoms with Crippen LogP contribution in [0.4, 0.5) is 0 Å². The Morgan fingerprint density at radius 2 is 1.27 bits per heavy atom. The van der Waals surface area contributed by atoms with Crippen LogP contribution in [-0.4, -0.2) is 43.4 Å². The maximum Gasteiger partial charge on any atom is 0.330 e. The third-order valence-corrected chi connectivity index (χ3v) is 8.39. The van der Waals surface area contributed by atoms with Crippen molar-refractivity contribution in [2.24, 2.45) is 0 Å². The maximum atomic E-state index is 11.3. The van der Waals surface area contributed by atoms with Gasteiger partial charge >= 0.3 is 11.9 Å². The summed E-state index contributed by atoms with van der Waals surface area (Å²) in [5, 5.41) is 0. The molecule has 0 aliphatic heterocycles. The average Bonchev–Trinajstić information content (AvgIpc) is 3.65. The van der Waals surface area contributed by atoms with Gasteiger partial charge in [-0.2, -0.15) is 0 Å². The first-order chi connectivity index (χ1) is 21.5. The first-order valence-corrected chi connectivity index (χ1v) is 14.9. The Balaban J connectivity index is 1.39. The van der Waals surface area contributed by atoms with E-state index in [9.17, 15) is 9.59 Å². The minimum Gasteiger partial charge on any atom is -0.490 e. The molecule has 1 aliphatic carbocycles. The molecular weight excluding hydrogens is 574 g/mol. The fourth-order valence-electron chi connectivity index (χ4n) is 5.74. The molecule has 5 aromatic rings. The summed E-state index contributed by atoms with van der Waals surface area (Å²) in [4.78, 5) is 27.3. The Hall–Kier alpha value is -5.21. The van der Waals surface area contributed by atoms with E-state index >= 15 is 0 Å². The van der Waals surface area contributed by atoms with E-state index in [1.54, 1.807) is 11.3 Å². The lowest BCUT2D eigenvalue weighted by molar-refractivity contribution is -0.139. The second kappa shape index (κ2) is 12.6. The molecule has 0 fully saturated rings. The third kappa shape index (κ3) is 5.36. The molecule has 4 aromatic carbocycles. The molecule has 1 aliphatic rings. The summed E-state index contributed by atoms with van der Waals surface area (Å²) in [7, 11) is 0. The molecule has 1 aromatic heterocycles. The van der Waals surface area contributed by atoms with Crippen molar-refractivity contribution in [3.63, 3.8) is 0 Å². The van der Waals surface area contributed by atoms with E-state index in [-0.39, 0.29) is 26.4 Å². The number of ether oxygens (including phenoxy) is 4. The Bertz CT molecular complexity index is 1770. The predicted molar refractivity (Wildman–Crippen MR) is 170 cm³/mol. The van der Waals surface area contributed by atoms with Crippen LogP contribution < -0.4 is 9.47 Å². The van der Waals surface area contributed by atoms with E-state index in [4.69, 9.17) is 18.9 Å². The highest BCUT2D eigenvalue weighted by atomic mass is 32.1. The molecule has 0 radical (unpaired) electrons. The van der Waals surface area contributed by atoms with Crippen LogP contribution in [0, 0.1) is 0 Å². The predicted octanol–water partition coefficient (Wildman–Crippen LogP) is 6.88. The van der Waals surface area contributed by atoms with E-state index in [0.29, 0.717) is 11.5 Å². The first kappa shape index (κ1) is 28.9. The van der Waals surface area contributed by atoms with Gasteiger partial charge in [-0.05, 0) is 69.8 Å². The number of nitrogens with zero attached hydrogens (tertiary/aromatic N) is 1. The molecule has 220 valence electrons. The van der Waals surface area contributed by atoms with Crippen molar-refractivity contribution in [2.45, 2.75) is 5.41 Å². The summed E-state index contributed by atoms with van der Waals surface area (Å²) in [6.45, 7) is 7.54. The highest BCUT2D eigenvalue weighted by molar-refractivity contribution is 7.16. The zero-order valence-electron chi connectivity index (χ0n) is 23.9. The van der Waals surface area contributed by atoms with E-state index in [0.717, 1.165) is 44.6 Å². The van der Waals surface area contributed by atoms with E-state index < -0.39 is 17.4 Å². The van der Waals surface area contributed by atoms with Crippen molar-refractivity contribution in [2.75, 3.05) is 26.4 Å². The zero-order valence-corrected chi connectivity index (χ0v) is 24.7. The van der Waals surface area contributed by atoms with Crippen LogP contribution in [0.15, 0.2) is 116 Å². The number of rotatable bonds is 12. The largest absolute Gasteiger partial charge is 0.490 e. The Morgan fingerprint density at radius 1 is 0.705 bits per heavy atom. The summed E-state index contributed by atoms with van der Waals surface area (Å²) in [5.41, 5.74) is 9.02. The SMILES string of the molecule is C=CC(=O)OCCOc1ccc(C2(c3ccc(OCCOC(=O)C=C)cc3)c3ccccc3-c3cc4ncsc4cc32)cc1. The van der Waals surface area contributed by atoms with Gasteiger partial charge in [0, 0.05) is 12.2 Å². The fourth-order valence-corrected chi connectivity index (χ4v) is 6.44. The molecular formula is C36H29NO6S. The number of esters is 2. The summed E-state index contributed by atoms with van der Waals surface area (Å²) in [5.74, 6) is 0.381. The van der Waals surface area contributed by atoms with E-state index in [1.807, 2.05) is 29.8 Å². The lowest BCUT2D eigenvalue weighted by Crippen LogP contribution is -2.28. The number of aromatic nitrogens is 1. The second-order valence-electron chi connectivity index (χ2n) is 10.0. The number of benzene rings is 4. The number of hydrogen-bond donors (Lipinski definition) is 0. The molecule has 0 spiro atoms. The molecule has 6 rings (SSSR count). The molecule has 0 unspecified atom stereocenters. The van der Waals surface area contributed by atoms with Gasteiger partial charge in [-0.3, -0.25) is 0 Å². The Kier molecular flexibility index (Phi) is 8.25. The smallest absolute Gasteiger partial charge is 0.330 e. The highest BCUT2D eigenvalue weighted by Crippen LogP contribution is 2.57. The fraction of sp³-hybridized carbons (Fsp3) is 0.139. The topological polar surface area (TPSA) is 84.0 Å². The average molecular weight is 604 g/mol. The monoisotopic (exact) mass is 603 g/mol. The van der Waals surface area contributed by atoms with Gasteiger partial charge in [0.25, 0.3) is 0 Å². The van der Waals surface area contributed by atoms with Crippen molar-refractivity contribution in [1.82, 2.24) is 4.98 Å². The van der Waals surface area contributed by atoms with Crippen LogP contribution in [0.25, 0.3) is 21.3 Å². The number of carbonyl (C=O) groups excluding carboxylic acids is 2. The quantitative estimate of drug-likeness (QED) is 0.0857. The molecule has 44 heavy (non-hydrogen) atoms. The minimum absolute atomic E-state index is 0.132. The molecule has 0 N–H and O–H groups in total. The van der Waals surface area contributed by atoms with Crippen molar-refractivity contribution >= 4 is 33.5 Å². The second-order valence-corrected chi connectivity index (χ2v) is 10.9. The molecule has 0 amide bonds. The maximum absolute atomic E-state index is 11.3. The molecule has 0 saturated carbocycles. The standard InChI is InChI=1S/C36H29NO6S/c1-3-34(38)42-19-17-40-26-13-9-24(10-14-26)36(25-11-15-27(16-12-25)41-18-20-43-35(39)4-2)30-8-6-5-7-28(30)29-21-32-33(22-31(29)36)44-23-37-32/h3-16,21-23H,1-2,17-20H2. The molecule has 8 heteroatoms. The van der Waals surface area contributed by atoms with Crippen LogP contribution in [0.5, 0.6) is 11.5 Å². The van der Waals surface area contributed by atoms with E-state index in [1.165, 1.54) is 11.1 Å². The van der Waals surface area contributed by atoms with Crippen LogP contribution in [0.3, 0.4) is 0 Å². The van der Waals surface area contributed by atoms with Crippen LogP contribution in [0.2, 0.25) is 0 Å². The number of hydrogen-bond acceptors (Lipinski definition) is 8. The van der Waals surface area contributed by atoms with Crippen molar-refractivity contribution in [1.29, 1.82) is 0 Å². The molecule has 7 nitrogen and oxygen atoms in total. The van der Waals surface area contributed by atoms with Crippen molar-refractivity contribution < 1.29 is 28.5 Å². The minimum atomic E-state index is -0.625. The first-order valence-electron chi connectivity index (χ1n) is 14.1. The lowest BCUT2D eigenvalue weighted by atomic mass is 9.67. The van der Waals surface area contributed by atoms with Gasteiger partial charge in [0.1, 0.15) is 37.9 Å². The van der Waals surface area contributed by atoms with Gasteiger partial charge in [0.2, 0.25) is 0 Å². The summed E-state index contributed by atoms with van der Waals surface area (Å²) >= 11 is 1.62. The zero-order chi connectivity index (χ0) is 30.5. The van der Waals surface area contributed by atoms with Crippen LogP contribution in [0.1, 0.15) is 22.3 Å². The molecule has 1 heterocycles. The van der Waals surface area contributed by atoms with Crippen LogP contribution >= 0.6 is 11.3 Å². The molecule has 0 bridgehead atoms. The molecule has 0 saturated heterocycles. The summed E-state index contributed by atoms with van der Waals surface area (Å²) in [6.07, 6.45) is 2.26. The van der Waals surface area contributed by atoms with Crippen molar-refractivity contribution in [3.8, 4) is 22.6 Å². The number of fused-ring (bicyclic) bond motifs is 4. The Morgan fingerprint density at radius 3 is 1.84 bits per heavy atom. The molecule has 0 atom stereocenters. The number of thiazole rings is 1. The van der Waals surface area contributed by atoms with Gasteiger partial charge in [0.15, 0.2) is 0 Å². The summed E-state index contributed by atoms with van der Waals surface area (Å²) in [6, 6.07) is 29.1.